The van der Waals surface area contributed by atoms with Gasteiger partial charge in [0.25, 0.3) is 0 Å². The Morgan fingerprint density at radius 1 is 1.42 bits per heavy atom. The standard InChI is InChI=1S/C16H22N2O/c1-11-14(9-12-5-4-8-18(12)2)15-10-13(19-3)6-7-16(15)17-11/h6-7,10,12,17H,4-5,8-9H2,1-3H3/t12-/m1/s1. The van der Waals surface area contributed by atoms with Crippen molar-refractivity contribution in [3.05, 3.63) is 29.5 Å². The molecule has 0 unspecified atom stereocenters. The highest BCUT2D eigenvalue weighted by Gasteiger charge is 2.23. The van der Waals surface area contributed by atoms with Gasteiger partial charge in [-0.05, 0) is 63.5 Å². The van der Waals surface area contributed by atoms with Gasteiger partial charge in [-0.3, -0.25) is 0 Å². The number of fused-ring (bicyclic) bond motifs is 1. The van der Waals surface area contributed by atoms with Crippen molar-refractivity contribution in [3.8, 4) is 5.75 Å². The summed E-state index contributed by atoms with van der Waals surface area (Å²) in [4.78, 5) is 5.98. The van der Waals surface area contributed by atoms with Crippen LogP contribution in [0.2, 0.25) is 0 Å². The molecule has 1 aliphatic heterocycles. The molecule has 3 nitrogen and oxygen atoms in total. The van der Waals surface area contributed by atoms with Crippen molar-refractivity contribution in [3.63, 3.8) is 0 Å². The summed E-state index contributed by atoms with van der Waals surface area (Å²) in [7, 11) is 3.97. The van der Waals surface area contributed by atoms with Gasteiger partial charge in [0.1, 0.15) is 5.75 Å². The normalized spacial score (nSPS) is 20.3. The summed E-state index contributed by atoms with van der Waals surface area (Å²) < 4.78 is 5.35. The molecule has 0 radical (unpaired) electrons. The van der Waals surface area contributed by atoms with Crippen LogP contribution in [0.4, 0.5) is 0 Å². The summed E-state index contributed by atoms with van der Waals surface area (Å²) in [6.45, 7) is 3.41. The number of rotatable bonds is 3. The first kappa shape index (κ1) is 12.5. The molecule has 1 N–H and O–H groups in total. The van der Waals surface area contributed by atoms with Crippen molar-refractivity contribution in [2.45, 2.75) is 32.2 Å². The minimum Gasteiger partial charge on any atom is -0.497 e. The number of likely N-dealkylation sites (tertiary alicyclic amines) is 1. The van der Waals surface area contributed by atoms with Crippen LogP contribution in [-0.2, 0) is 6.42 Å². The van der Waals surface area contributed by atoms with Gasteiger partial charge in [-0.2, -0.15) is 0 Å². The molecule has 1 aromatic carbocycles. The lowest BCUT2D eigenvalue weighted by molar-refractivity contribution is 0.309. The lowest BCUT2D eigenvalue weighted by Gasteiger charge is -2.19. The lowest BCUT2D eigenvalue weighted by Crippen LogP contribution is -2.26. The van der Waals surface area contributed by atoms with Crippen LogP contribution in [0.15, 0.2) is 18.2 Å². The highest BCUT2D eigenvalue weighted by atomic mass is 16.5. The zero-order chi connectivity index (χ0) is 13.4. The topological polar surface area (TPSA) is 28.3 Å². The highest BCUT2D eigenvalue weighted by molar-refractivity contribution is 5.86. The number of methoxy groups -OCH3 is 1. The average molecular weight is 258 g/mol. The summed E-state index contributed by atoms with van der Waals surface area (Å²) in [5.41, 5.74) is 3.96. The van der Waals surface area contributed by atoms with Gasteiger partial charge in [0.05, 0.1) is 7.11 Å². The number of aryl methyl sites for hydroxylation is 1. The molecule has 1 saturated heterocycles. The molecule has 0 aliphatic carbocycles. The third-order valence-electron chi connectivity index (χ3n) is 4.44. The smallest absolute Gasteiger partial charge is 0.119 e. The Hall–Kier alpha value is -1.48. The summed E-state index contributed by atoms with van der Waals surface area (Å²) in [6.07, 6.45) is 3.77. The number of H-pyrrole nitrogens is 1. The van der Waals surface area contributed by atoms with E-state index in [9.17, 15) is 0 Å². The third kappa shape index (κ3) is 2.23. The zero-order valence-corrected chi connectivity index (χ0v) is 12.0. The van der Waals surface area contributed by atoms with E-state index in [1.54, 1.807) is 7.11 Å². The van der Waals surface area contributed by atoms with Crippen LogP contribution < -0.4 is 4.74 Å². The van der Waals surface area contributed by atoms with Crippen molar-refractivity contribution in [1.82, 2.24) is 9.88 Å². The largest absolute Gasteiger partial charge is 0.497 e. The van der Waals surface area contributed by atoms with Crippen LogP contribution in [0, 0.1) is 6.92 Å². The number of nitrogens with one attached hydrogen (secondary N) is 1. The number of aromatic nitrogens is 1. The minimum atomic E-state index is 0.684. The number of hydrogen-bond donors (Lipinski definition) is 1. The summed E-state index contributed by atoms with van der Waals surface area (Å²) in [5, 5.41) is 1.32. The Bertz CT molecular complexity index is 588. The van der Waals surface area contributed by atoms with E-state index in [-0.39, 0.29) is 0 Å². The van der Waals surface area contributed by atoms with Crippen LogP contribution >= 0.6 is 0 Å². The molecule has 1 fully saturated rings. The molecule has 0 saturated carbocycles. The summed E-state index contributed by atoms with van der Waals surface area (Å²) in [5.74, 6) is 0.938. The minimum absolute atomic E-state index is 0.684. The predicted octanol–water partition coefficient (Wildman–Crippen LogP) is 3.12. The molecule has 1 atom stereocenters. The second-order valence-electron chi connectivity index (χ2n) is 5.62. The van der Waals surface area contributed by atoms with Crippen LogP contribution in [-0.4, -0.2) is 36.6 Å². The van der Waals surface area contributed by atoms with E-state index in [1.165, 1.54) is 41.5 Å². The van der Waals surface area contributed by atoms with Crippen molar-refractivity contribution in [1.29, 1.82) is 0 Å². The molecule has 3 rings (SSSR count). The second kappa shape index (κ2) is 4.89. The van der Waals surface area contributed by atoms with Gasteiger partial charge >= 0.3 is 0 Å². The fraction of sp³-hybridized carbons (Fsp3) is 0.500. The Morgan fingerprint density at radius 3 is 2.95 bits per heavy atom. The van der Waals surface area contributed by atoms with E-state index in [0.29, 0.717) is 6.04 Å². The molecule has 2 aromatic rings. The molecule has 1 aliphatic rings. The first-order valence-corrected chi connectivity index (χ1v) is 7.04. The van der Waals surface area contributed by atoms with E-state index in [0.717, 1.165) is 12.2 Å². The molecular weight excluding hydrogens is 236 g/mol. The van der Waals surface area contributed by atoms with Crippen molar-refractivity contribution in [2.75, 3.05) is 20.7 Å². The average Bonchev–Trinajstić information content (AvgIpc) is 2.94. The van der Waals surface area contributed by atoms with E-state index in [2.05, 4.69) is 36.0 Å². The number of aromatic amines is 1. The SMILES string of the molecule is COc1ccc2[nH]c(C)c(C[C@H]3CCCN3C)c2c1. The second-order valence-corrected chi connectivity index (χ2v) is 5.62. The lowest BCUT2D eigenvalue weighted by atomic mass is 10.0. The van der Waals surface area contributed by atoms with Gasteiger partial charge in [-0.15, -0.1) is 0 Å². The van der Waals surface area contributed by atoms with E-state index in [4.69, 9.17) is 4.74 Å². The van der Waals surface area contributed by atoms with Crippen LogP contribution in [0.3, 0.4) is 0 Å². The molecule has 3 heteroatoms. The fourth-order valence-electron chi connectivity index (χ4n) is 3.22. The van der Waals surface area contributed by atoms with Crippen LogP contribution in [0.5, 0.6) is 5.75 Å². The van der Waals surface area contributed by atoms with E-state index < -0.39 is 0 Å². The number of likely N-dealkylation sites (N-methyl/N-ethyl adjacent to an activating group) is 1. The Balaban J connectivity index is 1.99. The first-order valence-electron chi connectivity index (χ1n) is 7.04. The maximum Gasteiger partial charge on any atom is 0.119 e. The molecule has 19 heavy (non-hydrogen) atoms. The molecule has 102 valence electrons. The molecule has 1 aromatic heterocycles. The fourth-order valence-corrected chi connectivity index (χ4v) is 3.22. The van der Waals surface area contributed by atoms with Gasteiger partial charge in [0.2, 0.25) is 0 Å². The Morgan fingerprint density at radius 2 is 2.26 bits per heavy atom. The third-order valence-corrected chi connectivity index (χ3v) is 4.44. The summed E-state index contributed by atoms with van der Waals surface area (Å²) in [6, 6.07) is 6.97. The number of nitrogens with zero attached hydrogens (tertiary/aromatic N) is 1. The first-order chi connectivity index (χ1) is 9.19. The van der Waals surface area contributed by atoms with Crippen LogP contribution in [0.25, 0.3) is 10.9 Å². The van der Waals surface area contributed by atoms with Gasteiger partial charge in [0.15, 0.2) is 0 Å². The number of benzene rings is 1. The van der Waals surface area contributed by atoms with E-state index in [1.807, 2.05) is 6.07 Å². The highest BCUT2D eigenvalue weighted by Crippen LogP contribution is 2.29. The molecule has 0 bridgehead atoms. The monoisotopic (exact) mass is 258 g/mol. The maximum absolute atomic E-state index is 5.35. The quantitative estimate of drug-likeness (QED) is 0.916. The van der Waals surface area contributed by atoms with Crippen molar-refractivity contribution >= 4 is 10.9 Å². The number of ether oxygens (including phenoxy) is 1. The molecule has 2 heterocycles. The summed E-state index contributed by atoms with van der Waals surface area (Å²) >= 11 is 0. The van der Waals surface area contributed by atoms with Crippen LogP contribution in [0.1, 0.15) is 24.1 Å². The van der Waals surface area contributed by atoms with Gasteiger partial charge in [-0.1, -0.05) is 0 Å². The zero-order valence-electron chi connectivity index (χ0n) is 12.0. The number of hydrogen-bond acceptors (Lipinski definition) is 2. The van der Waals surface area contributed by atoms with Gasteiger partial charge in [0, 0.05) is 22.6 Å². The Kier molecular flexibility index (Phi) is 3.23. The molecule has 0 amide bonds. The van der Waals surface area contributed by atoms with Gasteiger partial charge < -0.3 is 14.6 Å². The Labute approximate surface area is 114 Å². The van der Waals surface area contributed by atoms with Crippen molar-refractivity contribution < 1.29 is 4.74 Å². The van der Waals surface area contributed by atoms with E-state index >= 15 is 0 Å². The molecule has 0 spiro atoms. The van der Waals surface area contributed by atoms with Crippen molar-refractivity contribution in [2.24, 2.45) is 0 Å². The maximum atomic E-state index is 5.35. The predicted molar refractivity (Wildman–Crippen MR) is 78.9 cm³/mol. The van der Waals surface area contributed by atoms with Gasteiger partial charge in [-0.25, -0.2) is 0 Å². The molecular formula is C16H22N2O.